The highest BCUT2D eigenvalue weighted by Gasteiger charge is 2.02. The van der Waals surface area contributed by atoms with E-state index >= 15 is 0 Å². The Morgan fingerprint density at radius 2 is 2.10 bits per heavy atom. The number of nitrogens with one attached hydrogen (secondary N) is 3. The normalized spacial score (nSPS) is 11.7. The van der Waals surface area contributed by atoms with Gasteiger partial charge in [0.1, 0.15) is 19.0 Å². The van der Waals surface area contributed by atoms with Gasteiger partial charge in [-0.05, 0) is 6.08 Å². The first-order valence-corrected chi connectivity index (χ1v) is 7.62. The van der Waals surface area contributed by atoms with Crippen molar-refractivity contribution in [1.82, 2.24) is 15.5 Å². The molecule has 0 aliphatic carbocycles. The van der Waals surface area contributed by atoms with Crippen molar-refractivity contribution < 1.29 is 17.3 Å². The Morgan fingerprint density at radius 3 is 2.60 bits per heavy atom. The third-order valence-corrected chi connectivity index (χ3v) is 2.55. The lowest BCUT2D eigenvalue weighted by Gasteiger charge is -2.17. The maximum Gasteiger partial charge on any atom is 0.264 e. The van der Waals surface area contributed by atoms with Crippen molar-refractivity contribution in [2.24, 2.45) is 0 Å². The van der Waals surface area contributed by atoms with E-state index < -0.39 is 10.1 Å². The van der Waals surface area contributed by atoms with Crippen molar-refractivity contribution in [3.05, 3.63) is 24.6 Å². The molecule has 116 valence electrons. The molecule has 0 aliphatic heterocycles. The quantitative estimate of drug-likeness (QED) is 0.102. The highest BCUT2D eigenvalue weighted by molar-refractivity contribution is 7.85. The number of rotatable bonds is 9. The van der Waals surface area contributed by atoms with Crippen LogP contribution in [-0.4, -0.2) is 59.5 Å². The molecule has 20 heavy (non-hydrogen) atoms. The van der Waals surface area contributed by atoms with Crippen molar-refractivity contribution in [3.63, 3.8) is 0 Å². The fourth-order valence-electron chi connectivity index (χ4n) is 1.05. The number of hydrogen-bond donors (Lipinski definition) is 3. The van der Waals surface area contributed by atoms with Crippen LogP contribution in [0.25, 0.3) is 0 Å². The van der Waals surface area contributed by atoms with Crippen LogP contribution >= 0.6 is 0 Å². The summed E-state index contributed by atoms with van der Waals surface area (Å²) in [5, 5.41) is 12.8. The van der Waals surface area contributed by atoms with Crippen LogP contribution < -0.4 is 10.6 Å². The minimum absolute atomic E-state index is 0.0591. The minimum atomic E-state index is -3.45. The summed E-state index contributed by atoms with van der Waals surface area (Å²) in [4.78, 5) is 1.75. The second-order valence-electron chi connectivity index (χ2n) is 3.83. The van der Waals surface area contributed by atoms with Crippen molar-refractivity contribution in [3.8, 4) is 0 Å². The molecule has 0 bridgehead atoms. The average Bonchev–Trinajstić information content (AvgIpc) is 2.38. The first-order chi connectivity index (χ1) is 9.28. The van der Waals surface area contributed by atoms with Crippen LogP contribution in [0.5, 0.6) is 0 Å². The Hall–Kier alpha value is -1.74. The Morgan fingerprint density at radius 1 is 1.45 bits per heavy atom. The zero-order chi connectivity index (χ0) is 15.6. The molecule has 0 aromatic carbocycles. The van der Waals surface area contributed by atoms with Gasteiger partial charge in [-0.1, -0.05) is 6.58 Å². The Kier molecular flexibility index (Phi) is 8.41. The molecule has 0 rings (SSSR count). The summed E-state index contributed by atoms with van der Waals surface area (Å²) >= 11 is 0. The lowest BCUT2D eigenvalue weighted by atomic mass is 10.5. The van der Waals surface area contributed by atoms with Gasteiger partial charge in [0.2, 0.25) is 0 Å². The van der Waals surface area contributed by atoms with Gasteiger partial charge in [-0.25, -0.2) is 0 Å². The molecule has 0 aromatic heterocycles. The van der Waals surface area contributed by atoms with Crippen molar-refractivity contribution in [1.29, 1.82) is 5.41 Å². The van der Waals surface area contributed by atoms with Gasteiger partial charge in [0.15, 0.2) is 5.96 Å². The molecule has 8 nitrogen and oxygen atoms in total. The molecule has 3 N–H and O–H groups in total. The zero-order valence-electron chi connectivity index (χ0n) is 12.0. The topological polar surface area (TPSA) is 104 Å². The first kappa shape index (κ1) is 18.3. The van der Waals surface area contributed by atoms with Crippen LogP contribution in [-0.2, 0) is 19.0 Å². The van der Waals surface area contributed by atoms with Crippen LogP contribution in [0.4, 0.5) is 0 Å². The molecule has 0 atom stereocenters. The largest absolute Gasteiger partial charge is 0.490 e. The highest BCUT2D eigenvalue weighted by Crippen LogP contribution is 2.00. The van der Waals surface area contributed by atoms with Crippen molar-refractivity contribution in [2.45, 2.75) is 0 Å². The van der Waals surface area contributed by atoms with E-state index in [1.54, 1.807) is 25.2 Å². The third-order valence-electron chi connectivity index (χ3n) is 1.95. The summed E-state index contributed by atoms with van der Waals surface area (Å²) in [5.41, 5.74) is 0. The fraction of sp³-hybridized carbons (Fsp3) is 0.545. The van der Waals surface area contributed by atoms with Crippen LogP contribution in [0.3, 0.4) is 0 Å². The summed E-state index contributed by atoms with van der Waals surface area (Å²) < 4.78 is 31.3. The maximum absolute atomic E-state index is 10.7. The molecule has 0 aliphatic rings. The van der Waals surface area contributed by atoms with E-state index in [0.29, 0.717) is 12.4 Å². The molecule has 9 heteroatoms. The smallest absolute Gasteiger partial charge is 0.264 e. The average molecular weight is 306 g/mol. The molecule has 0 fully saturated rings. The predicted octanol–water partition coefficient (Wildman–Crippen LogP) is -0.360. The van der Waals surface area contributed by atoms with Crippen molar-refractivity contribution in [2.75, 3.05) is 40.2 Å². The molecule has 0 amide bonds. The van der Waals surface area contributed by atoms with Crippen LogP contribution in [0.2, 0.25) is 0 Å². The van der Waals surface area contributed by atoms with Gasteiger partial charge >= 0.3 is 0 Å². The molecule has 0 unspecified atom stereocenters. The number of nitrogens with zero attached hydrogens (tertiary/aromatic N) is 1. The van der Waals surface area contributed by atoms with Gasteiger partial charge < -0.3 is 20.3 Å². The molecule has 0 radical (unpaired) electrons. The van der Waals surface area contributed by atoms with E-state index in [1.165, 1.54) is 6.08 Å². The monoisotopic (exact) mass is 306 g/mol. The van der Waals surface area contributed by atoms with E-state index in [2.05, 4.69) is 21.4 Å². The molecule has 0 heterocycles. The summed E-state index contributed by atoms with van der Waals surface area (Å²) in [6.07, 6.45) is 4.15. The SMILES string of the molecule is C=C/C(=C\N(C)CNC(=N)NC)OCCOS(C)(=O)=O. The van der Waals surface area contributed by atoms with Gasteiger partial charge in [-0.2, -0.15) is 8.42 Å². The van der Waals surface area contributed by atoms with Gasteiger partial charge in [-0.15, -0.1) is 0 Å². The zero-order valence-corrected chi connectivity index (χ0v) is 12.8. The second kappa shape index (κ2) is 9.21. The molecule has 0 saturated carbocycles. The molecule has 0 aromatic rings. The standard InChI is InChI=1S/C11H22N4O4S/c1-5-10(18-6-7-19-20(4,16)17)8-15(3)9-14-11(12)13-2/h5,8H,1,6-7,9H2,2-4H3,(H3,12,13,14)/b10-8+. The minimum Gasteiger partial charge on any atom is -0.490 e. The molecule has 0 spiro atoms. The molecular weight excluding hydrogens is 284 g/mol. The van der Waals surface area contributed by atoms with Gasteiger partial charge in [0.25, 0.3) is 10.1 Å². The summed E-state index contributed by atoms with van der Waals surface area (Å²) in [5.74, 6) is 0.676. The van der Waals surface area contributed by atoms with E-state index in [9.17, 15) is 8.42 Å². The lowest BCUT2D eigenvalue weighted by Crippen LogP contribution is -2.39. The molecular formula is C11H22N4O4S. The fourth-order valence-corrected chi connectivity index (χ4v) is 1.42. The number of hydrogen-bond acceptors (Lipinski definition) is 6. The van der Waals surface area contributed by atoms with Crippen LogP contribution in [0, 0.1) is 5.41 Å². The number of guanidine groups is 1. The maximum atomic E-state index is 10.7. The highest BCUT2D eigenvalue weighted by atomic mass is 32.2. The summed E-state index contributed by atoms with van der Waals surface area (Å²) in [6, 6.07) is 0. The van der Waals surface area contributed by atoms with E-state index in [-0.39, 0.29) is 19.2 Å². The lowest BCUT2D eigenvalue weighted by molar-refractivity contribution is 0.163. The first-order valence-electron chi connectivity index (χ1n) is 5.80. The Bertz CT molecular complexity index is 447. The van der Waals surface area contributed by atoms with E-state index in [4.69, 9.17) is 10.1 Å². The van der Waals surface area contributed by atoms with E-state index in [0.717, 1.165) is 6.26 Å². The van der Waals surface area contributed by atoms with Gasteiger partial charge in [0.05, 0.1) is 12.9 Å². The third kappa shape index (κ3) is 10.2. The second-order valence-corrected chi connectivity index (χ2v) is 5.47. The molecule has 0 saturated heterocycles. The number of ether oxygens (including phenoxy) is 1. The van der Waals surface area contributed by atoms with Gasteiger partial charge in [-0.3, -0.25) is 9.59 Å². The van der Waals surface area contributed by atoms with Crippen LogP contribution in [0.1, 0.15) is 0 Å². The van der Waals surface area contributed by atoms with Crippen LogP contribution in [0.15, 0.2) is 24.6 Å². The Balaban J connectivity index is 4.13. The summed E-state index contributed by atoms with van der Waals surface area (Å²) in [7, 11) is -0.0176. The number of allylic oxidation sites excluding steroid dienone is 1. The summed E-state index contributed by atoms with van der Waals surface area (Å²) in [6.45, 7) is 4.04. The van der Waals surface area contributed by atoms with E-state index in [1.807, 2.05) is 0 Å². The van der Waals surface area contributed by atoms with Crippen molar-refractivity contribution >= 4 is 16.1 Å². The predicted molar refractivity (Wildman–Crippen MR) is 77.6 cm³/mol. The van der Waals surface area contributed by atoms with Gasteiger partial charge in [0, 0.05) is 20.3 Å². The Labute approximate surface area is 120 Å².